The molecule has 1 rings (SSSR count). The second-order valence-electron chi connectivity index (χ2n) is 2.33. The average Bonchev–Trinajstić information content (AvgIpc) is 2.17. The highest BCUT2D eigenvalue weighted by Gasteiger charge is 2.05. The van der Waals surface area contributed by atoms with Gasteiger partial charge in [0, 0.05) is 7.05 Å². The van der Waals surface area contributed by atoms with E-state index in [1.54, 1.807) is 4.57 Å². The van der Waals surface area contributed by atoms with Crippen LogP contribution in [-0.4, -0.2) is 15.6 Å². The van der Waals surface area contributed by atoms with E-state index in [1.165, 1.54) is 6.08 Å². The first-order chi connectivity index (χ1) is 5.16. The third kappa shape index (κ3) is 1.21. The van der Waals surface area contributed by atoms with Crippen LogP contribution >= 0.6 is 0 Å². The summed E-state index contributed by atoms with van der Waals surface area (Å²) >= 11 is 0. The van der Waals surface area contributed by atoms with Gasteiger partial charge in [-0.1, -0.05) is 0 Å². The monoisotopic (exact) mass is 151 g/mol. The Hall–Kier alpha value is -1.41. The maximum atomic E-state index is 9.96. The van der Waals surface area contributed by atoms with Crippen molar-refractivity contribution < 1.29 is 4.79 Å². The third-order valence-corrected chi connectivity index (χ3v) is 1.61. The number of hydrogen-bond donors (Lipinski definition) is 0. The molecule has 4 heteroatoms. The van der Waals surface area contributed by atoms with Crippen molar-refractivity contribution in [1.82, 2.24) is 9.55 Å². The normalized spacial score (nSPS) is 9.36. The van der Waals surface area contributed by atoms with Gasteiger partial charge >= 0.3 is 0 Å². The molecule has 4 nitrogen and oxygen atoms in total. The van der Waals surface area contributed by atoms with Crippen LogP contribution in [0.4, 0.5) is 5.82 Å². The lowest BCUT2D eigenvalue weighted by Gasteiger charge is -1.94. The van der Waals surface area contributed by atoms with Gasteiger partial charge < -0.3 is 4.57 Å². The molecule has 0 fully saturated rings. The van der Waals surface area contributed by atoms with Crippen molar-refractivity contribution in [1.29, 1.82) is 0 Å². The fourth-order valence-corrected chi connectivity index (χ4v) is 0.963. The van der Waals surface area contributed by atoms with Gasteiger partial charge in [0.25, 0.3) is 0 Å². The number of imidazole rings is 1. The Morgan fingerprint density at radius 2 is 2.18 bits per heavy atom. The number of isocyanates is 1. The second-order valence-corrected chi connectivity index (χ2v) is 2.33. The molecule has 0 N–H and O–H groups in total. The standard InChI is InChI=1S/C7H9N3O/c1-5-7(8-4-11)10(3)6(2)9-5/h1-3H3. The first-order valence-corrected chi connectivity index (χ1v) is 3.24. The van der Waals surface area contributed by atoms with E-state index in [-0.39, 0.29) is 0 Å². The van der Waals surface area contributed by atoms with Crippen molar-refractivity contribution in [3.8, 4) is 0 Å². The molecule has 58 valence electrons. The van der Waals surface area contributed by atoms with Crippen LogP contribution in [0.1, 0.15) is 11.5 Å². The van der Waals surface area contributed by atoms with E-state index in [1.807, 2.05) is 20.9 Å². The van der Waals surface area contributed by atoms with Crippen molar-refractivity contribution in [3.05, 3.63) is 11.5 Å². The smallest absolute Gasteiger partial charge is 0.242 e. The van der Waals surface area contributed by atoms with Crippen LogP contribution in [-0.2, 0) is 11.8 Å². The van der Waals surface area contributed by atoms with Crippen molar-refractivity contribution in [2.45, 2.75) is 13.8 Å². The average molecular weight is 151 g/mol. The lowest BCUT2D eigenvalue weighted by molar-refractivity contribution is 0.565. The Morgan fingerprint density at radius 1 is 1.55 bits per heavy atom. The van der Waals surface area contributed by atoms with Crippen molar-refractivity contribution in [2.24, 2.45) is 12.0 Å². The fourth-order valence-electron chi connectivity index (χ4n) is 0.963. The van der Waals surface area contributed by atoms with Crippen LogP contribution in [0.25, 0.3) is 0 Å². The van der Waals surface area contributed by atoms with Crippen LogP contribution < -0.4 is 0 Å². The molecule has 1 aromatic heterocycles. The summed E-state index contributed by atoms with van der Waals surface area (Å²) < 4.78 is 1.75. The first-order valence-electron chi connectivity index (χ1n) is 3.24. The highest BCUT2D eigenvalue weighted by molar-refractivity contribution is 5.47. The zero-order valence-electron chi connectivity index (χ0n) is 6.75. The van der Waals surface area contributed by atoms with Crippen LogP contribution in [0.3, 0.4) is 0 Å². The summed E-state index contributed by atoms with van der Waals surface area (Å²) in [5.74, 6) is 1.43. The molecule has 0 saturated heterocycles. The minimum absolute atomic E-state index is 0.581. The van der Waals surface area contributed by atoms with Crippen molar-refractivity contribution in [3.63, 3.8) is 0 Å². The molecule has 0 unspecified atom stereocenters. The molecule has 0 aromatic carbocycles. The lowest BCUT2D eigenvalue weighted by Crippen LogP contribution is -1.89. The zero-order chi connectivity index (χ0) is 8.43. The van der Waals surface area contributed by atoms with E-state index >= 15 is 0 Å². The van der Waals surface area contributed by atoms with Crippen LogP contribution in [0.5, 0.6) is 0 Å². The molecule has 0 aliphatic heterocycles. The molecular weight excluding hydrogens is 142 g/mol. The summed E-state index contributed by atoms with van der Waals surface area (Å²) in [4.78, 5) is 17.6. The number of aliphatic imine (C=N–C) groups is 1. The van der Waals surface area contributed by atoms with Gasteiger partial charge in [0.2, 0.25) is 6.08 Å². The zero-order valence-corrected chi connectivity index (χ0v) is 6.75. The minimum Gasteiger partial charge on any atom is -0.316 e. The predicted molar refractivity (Wildman–Crippen MR) is 40.5 cm³/mol. The number of rotatable bonds is 1. The fraction of sp³-hybridized carbons (Fsp3) is 0.429. The minimum atomic E-state index is 0.581. The summed E-state index contributed by atoms with van der Waals surface area (Å²) in [6.45, 7) is 3.67. The van der Waals surface area contributed by atoms with E-state index in [2.05, 4.69) is 9.98 Å². The van der Waals surface area contributed by atoms with Crippen LogP contribution in [0.15, 0.2) is 4.99 Å². The van der Waals surface area contributed by atoms with E-state index < -0.39 is 0 Å². The first kappa shape index (κ1) is 7.69. The molecule has 1 aromatic rings. The maximum Gasteiger partial charge on any atom is 0.242 e. The van der Waals surface area contributed by atoms with Gasteiger partial charge in [-0.15, -0.1) is 4.99 Å². The summed E-state index contributed by atoms with van der Waals surface area (Å²) in [5, 5.41) is 0. The van der Waals surface area contributed by atoms with E-state index in [0.29, 0.717) is 5.82 Å². The quantitative estimate of drug-likeness (QED) is 0.444. The van der Waals surface area contributed by atoms with Gasteiger partial charge in [0.05, 0.1) is 5.69 Å². The second kappa shape index (κ2) is 2.68. The lowest BCUT2D eigenvalue weighted by atomic mass is 10.5. The summed E-state index contributed by atoms with van der Waals surface area (Å²) in [5.41, 5.74) is 0.758. The molecule has 0 saturated carbocycles. The van der Waals surface area contributed by atoms with Crippen molar-refractivity contribution in [2.75, 3.05) is 0 Å². The Labute approximate surface area is 64.6 Å². The molecule has 1 heterocycles. The highest BCUT2D eigenvalue weighted by Crippen LogP contribution is 2.16. The van der Waals surface area contributed by atoms with Crippen molar-refractivity contribution >= 4 is 11.9 Å². The number of aromatic nitrogens is 2. The Morgan fingerprint density at radius 3 is 2.55 bits per heavy atom. The Bertz CT molecular complexity index is 321. The van der Waals surface area contributed by atoms with Gasteiger partial charge in [-0.3, -0.25) is 0 Å². The molecule has 0 bridgehead atoms. The van der Waals surface area contributed by atoms with E-state index in [4.69, 9.17) is 0 Å². The van der Waals surface area contributed by atoms with Gasteiger partial charge in [-0.2, -0.15) is 0 Å². The molecule has 11 heavy (non-hydrogen) atoms. The number of carbonyl (C=O) groups excluding carboxylic acids is 1. The number of hydrogen-bond acceptors (Lipinski definition) is 3. The topological polar surface area (TPSA) is 47.2 Å². The molecule has 0 radical (unpaired) electrons. The molecule has 0 amide bonds. The Kier molecular flexibility index (Phi) is 1.87. The van der Waals surface area contributed by atoms with Gasteiger partial charge in [0.1, 0.15) is 5.82 Å². The summed E-state index contributed by atoms with van der Waals surface area (Å²) in [6.07, 6.45) is 1.49. The maximum absolute atomic E-state index is 9.96. The van der Waals surface area contributed by atoms with Crippen LogP contribution in [0.2, 0.25) is 0 Å². The third-order valence-electron chi connectivity index (χ3n) is 1.61. The largest absolute Gasteiger partial charge is 0.316 e. The molecule has 0 atom stereocenters. The van der Waals surface area contributed by atoms with Crippen LogP contribution in [0, 0.1) is 13.8 Å². The number of aryl methyl sites for hydroxylation is 2. The van der Waals surface area contributed by atoms with Gasteiger partial charge in [-0.25, -0.2) is 9.78 Å². The van der Waals surface area contributed by atoms with E-state index in [0.717, 1.165) is 11.5 Å². The van der Waals surface area contributed by atoms with Gasteiger partial charge in [0.15, 0.2) is 5.82 Å². The summed E-state index contributed by atoms with van der Waals surface area (Å²) in [7, 11) is 1.81. The highest BCUT2D eigenvalue weighted by atomic mass is 16.1. The molecular formula is C7H9N3O. The molecule has 0 spiro atoms. The molecule has 0 aliphatic carbocycles. The Balaban J connectivity index is 3.33. The SMILES string of the molecule is Cc1nc(C)n(C)c1N=C=O. The number of nitrogens with zero attached hydrogens (tertiary/aromatic N) is 3. The molecule has 0 aliphatic rings. The van der Waals surface area contributed by atoms with Gasteiger partial charge in [-0.05, 0) is 13.8 Å². The summed E-state index contributed by atoms with van der Waals surface area (Å²) in [6, 6.07) is 0. The predicted octanol–water partition coefficient (Wildman–Crippen LogP) is 1.00. The van der Waals surface area contributed by atoms with E-state index in [9.17, 15) is 4.79 Å².